The molecule has 1 heterocycles. The number of sulfonamides is 1. The van der Waals surface area contributed by atoms with Crippen LogP contribution in [0.1, 0.15) is 62.5 Å². The summed E-state index contributed by atoms with van der Waals surface area (Å²) in [6, 6.07) is 9.45. The number of likely N-dealkylation sites (tertiary alicyclic amines) is 1. The van der Waals surface area contributed by atoms with Crippen molar-refractivity contribution >= 4 is 15.9 Å². The maximum absolute atomic E-state index is 12.1. The Balaban J connectivity index is 1.59. The van der Waals surface area contributed by atoms with E-state index in [4.69, 9.17) is 4.74 Å². The quantitative estimate of drug-likeness (QED) is 0.743. The first-order chi connectivity index (χ1) is 14.3. The standard InChI is InChI=1S/C22H31N3O4S/c1-16(26)25-13-5-8-21(24-30(2,27)28)22(25)15-29-19-11-9-17(10-12-19)20-7-4-3-6-18(20)14-23/h3-4,6-7,17,19,21-22,24H,5,8-13,15H2,1-2H3/t17-,19+,21-,22-/m0/s1. The lowest BCUT2D eigenvalue weighted by Crippen LogP contribution is -2.58. The maximum atomic E-state index is 12.1. The number of nitrogens with zero attached hydrogens (tertiary/aromatic N) is 2. The van der Waals surface area contributed by atoms with Gasteiger partial charge >= 0.3 is 0 Å². The van der Waals surface area contributed by atoms with E-state index in [0.717, 1.165) is 49.5 Å². The van der Waals surface area contributed by atoms with Gasteiger partial charge < -0.3 is 9.64 Å². The summed E-state index contributed by atoms with van der Waals surface area (Å²) in [5, 5.41) is 9.35. The maximum Gasteiger partial charge on any atom is 0.219 e. The third kappa shape index (κ3) is 5.81. The molecule has 0 aromatic heterocycles. The zero-order valence-electron chi connectivity index (χ0n) is 17.7. The molecule has 2 fully saturated rings. The molecule has 1 aliphatic heterocycles. The minimum absolute atomic E-state index is 0.0552. The van der Waals surface area contributed by atoms with E-state index in [9.17, 15) is 18.5 Å². The van der Waals surface area contributed by atoms with Gasteiger partial charge in [-0.25, -0.2) is 13.1 Å². The van der Waals surface area contributed by atoms with Crippen molar-refractivity contribution in [1.82, 2.24) is 9.62 Å². The van der Waals surface area contributed by atoms with Crippen molar-refractivity contribution in [2.24, 2.45) is 0 Å². The Bertz CT molecular complexity index is 888. The molecule has 1 saturated heterocycles. The van der Waals surface area contributed by atoms with Crippen molar-refractivity contribution in [2.45, 2.75) is 69.6 Å². The molecule has 0 unspecified atom stereocenters. The summed E-state index contributed by atoms with van der Waals surface area (Å²) in [7, 11) is -3.36. The van der Waals surface area contributed by atoms with E-state index >= 15 is 0 Å². The lowest BCUT2D eigenvalue weighted by Gasteiger charge is -2.41. The number of nitrogens with one attached hydrogen (secondary N) is 1. The van der Waals surface area contributed by atoms with Crippen molar-refractivity contribution in [3.63, 3.8) is 0 Å². The van der Waals surface area contributed by atoms with Crippen LogP contribution in [0.4, 0.5) is 0 Å². The number of piperidine rings is 1. The molecule has 30 heavy (non-hydrogen) atoms. The Hall–Kier alpha value is -1.95. The smallest absolute Gasteiger partial charge is 0.219 e. The molecule has 0 radical (unpaired) electrons. The molecular weight excluding hydrogens is 402 g/mol. The second kappa shape index (κ2) is 9.90. The largest absolute Gasteiger partial charge is 0.376 e. The highest BCUT2D eigenvalue weighted by Crippen LogP contribution is 2.35. The summed E-state index contributed by atoms with van der Waals surface area (Å²) in [4.78, 5) is 13.8. The highest BCUT2D eigenvalue weighted by atomic mass is 32.2. The van der Waals surface area contributed by atoms with Crippen LogP contribution in [-0.4, -0.2) is 56.8 Å². The van der Waals surface area contributed by atoms with E-state index in [-0.39, 0.29) is 24.1 Å². The predicted molar refractivity (Wildman–Crippen MR) is 114 cm³/mol. The molecule has 1 saturated carbocycles. The summed E-state index contributed by atoms with van der Waals surface area (Å²) in [5.74, 6) is 0.309. The van der Waals surface area contributed by atoms with E-state index in [1.807, 2.05) is 24.3 Å². The molecule has 0 bridgehead atoms. The van der Waals surface area contributed by atoms with Gasteiger partial charge in [0.2, 0.25) is 15.9 Å². The van der Waals surface area contributed by atoms with Crippen LogP contribution in [0.25, 0.3) is 0 Å². The molecule has 1 aromatic rings. The van der Waals surface area contributed by atoms with Gasteiger partial charge in [-0.15, -0.1) is 0 Å². The number of ether oxygens (including phenoxy) is 1. The Labute approximate surface area is 179 Å². The average Bonchev–Trinajstić information content (AvgIpc) is 2.72. The first-order valence-corrected chi connectivity index (χ1v) is 12.5. The third-order valence-corrected chi connectivity index (χ3v) is 6.98. The number of hydrogen-bond donors (Lipinski definition) is 1. The van der Waals surface area contributed by atoms with E-state index < -0.39 is 10.0 Å². The summed E-state index contributed by atoms with van der Waals surface area (Å²) in [6.07, 6.45) is 6.39. The summed E-state index contributed by atoms with van der Waals surface area (Å²) in [6.45, 7) is 2.48. The predicted octanol–water partition coefficient (Wildman–Crippen LogP) is 2.53. The van der Waals surface area contributed by atoms with Crippen molar-refractivity contribution in [1.29, 1.82) is 5.26 Å². The number of rotatable bonds is 6. The van der Waals surface area contributed by atoms with Crippen LogP contribution in [0.2, 0.25) is 0 Å². The van der Waals surface area contributed by atoms with Crippen LogP contribution in [0.15, 0.2) is 24.3 Å². The zero-order chi connectivity index (χ0) is 21.7. The topological polar surface area (TPSA) is 99.5 Å². The minimum Gasteiger partial charge on any atom is -0.376 e. The Morgan fingerprint density at radius 1 is 1.23 bits per heavy atom. The van der Waals surface area contributed by atoms with E-state index in [1.165, 1.54) is 6.92 Å². The van der Waals surface area contributed by atoms with Gasteiger partial charge in [0.1, 0.15) is 0 Å². The molecule has 164 valence electrons. The van der Waals surface area contributed by atoms with Gasteiger partial charge in [-0.3, -0.25) is 4.79 Å². The monoisotopic (exact) mass is 433 g/mol. The number of amides is 1. The van der Waals surface area contributed by atoms with Gasteiger partial charge in [0.25, 0.3) is 0 Å². The van der Waals surface area contributed by atoms with E-state index in [0.29, 0.717) is 25.5 Å². The number of carbonyl (C=O) groups excluding carboxylic acids is 1. The summed E-state index contributed by atoms with van der Waals surface area (Å²) < 4.78 is 32.4. The van der Waals surface area contributed by atoms with E-state index in [1.54, 1.807) is 4.90 Å². The summed E-state index contributed by atoms with van der Waals surface area (Å²) >= 11 is 0. The third-order valence-electron chi connectivity index (χ3n) is 6.25. The molecule has 1 aliphatic carbocycles. The second-order valence-corrected chi connectivity index (χ2v) is 10.2. The molecule has 2 atom stereocenters. The molecular formula is C22H31N3O4S. The molecule has 1 N–H and O–H groups in total. The van der Waals surface area contributed by atoms with Crippen LogP contribution in [0, 0.1) is 11.3 Å². The van der Waals surface area contributed by atoms with Gasteiger partial charge in [-0.2, -0.15) is 5.26 Å². The Morgan fingerprint density at radius 3 is 2.57 bits per heavy atom. The molecule has 7 nitrogen and oxygen atoms in total. The van der Waals surface area contributed by atoms with Crippen LogP contribution in [0.5, 0.6) is 0 Å². The molecule has 3 rings (SSSR count). The van der Waals surface area contributed by atoms with Crippen LogP contribution < -0.4 is 4.72 Å². The highest BCUT2D eigenvalue weighted by Gasteiger charge is 2.35. The van der Waals surface area contributed by atoms with Gasteiger partial charge in [0.15, 0.2) is 0 Å². The highest BCUT2D eigenvalue weighted by molar-refractivity contribution is 7.88. The fourth-order valence-corrected chi connectivity index (χ4v) is 5.62. The van der Waals surface area contributed by atoms with E-state index in [2.05, 4.69) is 10.8 Å². The van der Waals surface area contributed by atoms with Gasteiger partial charge in [-0.05, 0) is 56.1 Å². The van der Waals surface area contributed by atoms with Crippen molar-refractivity contribution < 1.29 is 17.9 Å². The van der Waals surface area contributed by atoms with Crippen LogP contribution in [0.3, 0.4) is 0 Å². The first kappa shape index (κ1) is 22.7. The van der Waals surface area contributed by atoms with Gasteiger partial charge in [-0.1, -0.05) is 18.2 Å². The summed E-state index contributed by atoms with van der Waals surface area (Å²) in [5.41, 5.74) is 1.86. The first-order valence-electron chi connectivity index (χ1n) is 10.6. The lowest BCUT2D eigenvalue weighted by molar-refractivity contribution is -0.136. The molecule has 1 amide bonds. The lowest BCUT2D eigenvalue weighted by atomic mass is 9.81. The SMILES string of the molecule is CC(=O)N1CCC[C@H](NS(C)(=O)=O)[C@@H]1CO[C@H]1CC[C@@H](c2ccccc2C#N)CC1. The van der Waals surface area contributed by atoms with Crippen molar-refractivity contribution in [2.75, 3.05) is 19.4 Å². The Morgan fingerprint density at radius 2 is 1.93 bits per heavy atom. The second-order valence-electron chi connectivity index (χ2n) is 8.42. The van der Waals surface area contributed by atoms with Crippen molar-refractivity contribution in [3.05, 3.63) is 35.4 Å². The molecule has 8 heteroatoms. The fraction of sp³-hybridized carbons (Fsp3) is 0.636. The Kier molecular flexibility index (Phi) is 7.50. The number of hydrogen-bond acceptors (Lipinski definition) is 5. The number of carbonyl (C=O) groups is 1. The number of nitriles is 1. The average molecular weight is 434 g/mol. The van der Waals surface area contributed by atoms with Gasteiger partial charge in [0.05, 0.1) is 36.6 Å². The fourth-order valence-electron chi connectivity index (χ4n) is 4.80. The normalized spacial score (nSPS) is 27.4. The van der Waals surface area contributed by atoms with Crippen LogP contribution >= 0.6 is 0 Å². The zero-order valence-corrected chi connectivity index (χ0v) is 18.5. The van der Waals surface area contributed by atoms with Crippen molar-refractivity contribution in [3.8, 4) is 6.07 Å². The molecule has 0 spiro atoms. The molecule has 1 aromatic carbocycles. The van der Waals surface area contributed by atoms with Gasteiger partial charge in [0, 0.05) is 19.5 Å². The minimum atomic E-state index is -3.36. The number of benzene rings is 1. The molecule has 2 aliphatic rings. The van der Waals surface area contributed by atoms with Crippen LogP contribution in [-0.2, 0) is 19.6 Å².